The molecular weight excluding hydrogens is 236 g/mol. The summed E-state index contributed by atoms with van der Waals surface area (Å²) in [5, 5.41) is 6.00. The lowest BCUT2D eigenvalue weighted by atomic mass is 10.1. The van der Waals surface area contributed by atoms with Crippen molar-refractivity contribution in [1.82, 2.24) is 19.7 Å². The van der Waals surface area contributed by atoms with Crippen LogP contribution in [-0.4, -0.2) is 19.7 Å². The van der Waals surface area contributed by atoms with Crippen molar-refractivity contribution in [2.24, 2.45) is 7.05 Å². The van der Waals surface area contributed by atoms with E-state index in [1.165, 1.54) is 0 Å². The number of nitrogens with zero attached hydrogens (tertiary/aromatic N) is 4. The van der Waals surface area contributed by atoms with E-state index in [4.69, 9.17) is 11.6 Å². The van der Waals surface area contributed by atoms with E-state index in [0.29, 0.717) is 5.02 Å². The van der Waals surface area contributed by atoms with Crippen molar-refractivity contribution in [3.63, 3.8) is 0 Å². The maximum absolute atomic E-state index is 5.97. The normalized spacial score (nSPS) is 10.9. The maximum Gasteiger partial charge on any atom is 0.158 e. The Morgan fingerprint density at radius 3 is 2.94 bits per heavy atom. The Balaban J connectivity index is 2.34. The highest BCUT2D eigenvalue weighted by atomic mass is 35.5. The first-order chi connectivity index (χ1) is 8.25. The molecular formula is C12H9ClN4. The molecule has 3 heterocycles. The molecule has 0 unspecified atom stereocenters. The van der Waals surface area contributed by atoms with E-state index in [9.17, 15) is 0 Å². The number of aromatic nitrogens is 4. The largest absolute Gasteiger partial charge is 0.264 e. The summed E-state index contributed by atoms with van der Waals surface area (Å²) in [6.45, 7) is 0. The van der Waals surface area contributed by atoms with E-state index in [2.05, 4.69) is 15.1 Å². The quantitative estimate of drug-likeness (QED) is 0.661. The number of fused-ring (bicyclic) bond motifs is 1. The average molecular weight is 245 g/mol. The van der Waals surface area contributed by atoms with Crippen LogP contribution in [0.2, 0.25) is 5.02 Å². The molecule has 0 bridgehead atoms. The summed E-state index contributed by atoms with van der Waals surface area (Å²) in [6.07, 6.45) is 5.14. The molecule has 0 aliphatic carbocycles. The van der Waals surface area contributed by atoms with Crippen molar-refractivity contribution in [3.05, 3.63) is 41.8 Å². The lowest BCUT2D eigenvalue weighted by Crippen LogP contribution is -1.91. The van der Waals surface area contributed by atoms with Crippen molar-refractivity contribution in [3.8, 4) is 11.3 Å². The van der Waals surface area contributed by atoms with Crippen LogP contribution in [0.25, 0.3) is 22.3 Å². The number of pyridine rings is 2. The van der Waals surface area contributed by atoms with Gasteiger partial charge in [-0.15, -0.1) is 0 Å². The lowest BCUT2D eigenvalue weighted by molar-refractivity contribution is 0.789. The van der Waals surface area contributed by atoms with Crippen LogP contribution in [0.3, 0.4) is 0 Å². The van der Waals surface area contributed by atoms with Gasteiger partial charge in [0.15, 0.2) is 5.65 Å². The predicted molar refractivity (Wildman–Crippen MR) is 66.8 cm³/mol. The molecule has 3 rings (SSSR count). The Morgan fingerprint density at radius 1 is 1.29 bits per heavy atom. The fourth-order valence-corrected chi connectivity index (χ4v) is 1.99. The van der Waals surface area contributed by atoms with Gasteiger partial charge in [0.2, 0.25) is 0 Å². The third kappa shape index (κ3) is 1.66. The lowest BCUT2D eigenvalue weighted by Gasteiger charge is -1.96. The smallest absolute Gasteiger partial charge is 0.158 e. The number of aryl methyl sites for hydroxylation is 1. The summed E-state index contributed by atoms with van der Waals surface area (Å²) in [5.41, 5.74) is 2.63. The zero-order valence-corrected chi connectivity index (χ0v) is 9.89. The molecule has 0 saturated carbocycles. The van der Waals surface area contributed by atoms with E-state index in [1.54, 1.807) is 23.3 Å². The molecule has 0 aliphatic heterocycles. The number of hydrogen-bond donors (Lipinski definition) is 0. The second-order valence-electron chi connectivity index (χ2n) is 3.74. The van der Waals surface area contributed by atoms with Crippen molar-refractivity contribution in [1.29, 1.82) is 0 Å². The van der Waals surface area contributed by atoms with Gasteiger partial charge in [-0.25, -0.2) is 9.67 Å². The van der Waals surface area contributed by atoms with Crippen LogP contribution in [0.1, 0.15) is 0 Å². The van der Waals surface area contributed by atoms with Crippen LogP contribution >= 0.6 is 11.6 Å². The van der Waals surface area contributed by atoms with Crippen LogP contribution in [0.4, 0.5) is 0 Å². The van der Waals surface area contributed by atoms with Gasteiger partial charge in [0.1, 0.15) is 5.69 Å². The molecule has 0 saturated heterocycles. The Morgan fingerprint density at radius 2 is 2.18 bits per heavy atom. The minimum absolute atomic E-state index is 0.607. The first-order valence-electron chi connectivity index (χ1n) is 5.14. The molecule has 5 heteroatoms. The first kappa shape index (κ1) is 10.2. The van der Waals surface area contributed by atoms with E-state index < -0.39 is 0 Å². The van der Waals surface area contributed by atoms with Gasteiger partial charge in [-0.2, -0.15) is 5.10 Å². The molecule has 4 nitrogen and oxygen atoms in total. The molecule has 0 radical (unpaired) electrons. The predicted octanol–water partition coefficient (Wildman–Crippen LogP) is 2.68. The summed E-state index contributed by atoms with van der Waals surface area (Å²) < 4.78 is 1.74. The van der Waals surface area contributed by atoms with Gasteiger partial charge in [-0.1, -0.05) is 11.6 Å². The molecule has 3 aromatic rings. The first-order valence-corrected chi connectivity index (χ1v) is 5.52. The van der Waals surface area contributed by atoms with Crippen molar-refractivity contribution >= 4 is 22.6 Å². The Hall–Kier alpha value is -1.94. The van der Waals surface area contributed by atoms with Gasteiger partial charge in [-0.05, 0) is 18.2 Å². The number of hydrogen-bond acceptors (Lipinski definition) is 3. The maximum atomic E-state index is 5.97. The Labute approximate surface area is 103 Å². The van der Waals surface area contributed by atoms with Crippen molar-refractivity contribution in [2.45, 2.75) is 0 Å². The minimum Gasteiger partial charge on any atom is -0.264 e. The molecule has 0 N–H and O–H groups in total. The van der Waals surface area contributed by atoms with Gasteiger partial charge in [0.05, 0.1) is 5.02 Å². The van der Waals surface area contributed by atoms with Crippen LogP contribution in [0, 0.1) is 0 Å². The molecule has 0 aromatic carbocycles. The molecule has 0 spiro atoms. The zero-order valence-electron chi connectivity index (χ0n) is 9.13. The van der Waals surface area contributed by atoms with Crippen LogP contribution < -0.4 is 0 Å². The Kier molecular flexibility index (Phi) is 2.30. The number of halogens is 1. The molecule has 84 valence electrons. The van der Waals surface area contributed by atoms with Gasteiger partial charge < -0.3 is 0 Å². The molecule has 0 fully saturated rings. The van der Waals surface area contributed by atoms with E-state index in [1.807, 2.05) is 25.2 Å². The standard InChI is InChI=1S/C12H9ClN4/c1-17-12-10(5-9(13)7-15-12)11(16-17)8-3-2-4-14-6-8/h2-7H,1H3. The summed E-state index contributed by atoms with van der Waals surface area (Å²) >= 11 is 5.97. The van der Waals surface area contributed by atoms with Gasteiger partial charge in [0, 0.05) is 36.6 Å². The Bertz CT molecular complexity index is 676. The second-order valence-corrected chi connectivity index (χ2v) is 4.18. The van der Waals surface area contributed by atoms with E-state index in [0.717, 1.165) is 22.3 Å². The van der Waals surface area contributed by atoms with E-state index >= 15 is 0 Å². The molecule has 17 heavy (non-hydrogen) atoms. The second kappa shape index (κ2) is 3.82. The summed E-state index contributed by atoms with van der Waals surface area (Å²) in [4.78, 5) is 8.37. The molecule has 0 amide bonds. The van der Waals surface area contributed by atoms with Gasteiger partial charge in [0.25, 0.3) is 0 Å². The molecule has 3 aromatic heterocycles. The van der Waals surface area contributed by atoms with E-state index in [-0.39, 0.29) is 0 Å². The van der Waals surface area contributed by atoms with Crippen LogP contribution in [-0.2, 0) is 7.05 Å². The summed E-state index contributed by atoms with van der Waals surface area (Å²) in [5.74, 6) is 0. The third-order valence-electron chi connectivity index (χ3n) is 2.58. The highest BCUT2D eigenvalue weighted by molar-refractivity contribution is 6.31. The summed E-state index contributed by atoms with van der Waals surface area (Å²) in [7, 11) is 1.86. The fourth-order valence-electron chi connectivity index (χ4n) is 1.83. The topological polar surface area (TPSA) is 43.6 Å². The highest BCUT2D eigenvalue weighted by Crippen LogP contribution is 2.27. The summed E-state index contributed by atoms with van der Waals surface area (Å²) in [6, 6.07) is 5.72. The monoisotopic (exact) mass is 244 g/mol. The molecule has 0 aliphatic rings. The minimum atomic E-state index is 0.607. The highest BCUT2D eigenvalue weighted by Gasteiger charge is 2.11. The zero-order chi connectivity index (χ0) is 11.8. The van der Waals surface area contributed by atoms with Gasteiger partial charge in [-0.3, -0.25) is 4.98 Å². The van der Waals surface area contributed by atoms with Gasteiger partial charge >= 0.3 is 0 Å². The number of rotatable bonds is 1. The SMILES string of the molecule is Cn1nc(-c2cccnc2)c2cc(Cl)cnc21. The fraction of sp³-hybridized carbons (Fsp3) is 0.0833. The van der Waals surface area contributed by atoms with Crippen LogP contribution in [0.15, 0.2) is 36.8 Å². The van der Waals surface area contributed by atoms with Crippen molar-refractivity contribution in [2.75, 3.05) is 0 Å². The average Bonchev–Trinajstić information content (AvgIpc) is 2.67. The van der Waals surface area contributed by atoms with Crippen LogP contribution in [0.5, 0.6) is 0 Å². The third-order valence-corrected chi connectivity index (χ3v) is 2.79. The van der Waals surface area contributed by atoms with Crippen molar-refractivity contribution < 1.29 is 0 Å². The molecule has 0 atom stereocenters.